The maximum atomic E-state index is 12.3. The van der Waals surface area contributed by atoms with Crippen LogP contribution in [0.15, 0.2) is 27.7 Å². The number of aliphatic hydroxyl groups excluding tert-OH is 3. The molecule has 2 aromatic heterocycles. The number of hydrogen-bond donors (Lipinski definition) is 3. The van der Waals surface area contributed by atoms with Crippen LogP contribution in [0.3, 0.4) is 0 Å². The molecule has 0 aliphatic heterocycles. The van der Waals surface area contributed by atoms with Crippen LogP contribution in [0.5, 0.6) is 0 Å². The normalized spacial score (nSPS) is 15.0. The van der Waals surface area contributed by atoms with Crippen molar-refractivity contribution in [3.8, 4) is 0 Å². The smallest absolute Gasteiger partial charge is 0.306 e. The maximum Gasteiger partial charge on any atom is 0.306 e. The van der Waals surface area contributed by atoms with E-state index in [2.05, 4.69) is 23.8 Å². The van der Waals surface area contributed by atoms with E-state index in [4.69, 9.17) is 13.6 Å². The van der Waals surface area contributed by atoms with Crippen LogP contribution in [0, 0.1) is 5.92 Å². The molecule has 2 rings (SSSR count). The number of ether oxygens (including phenoxy) is 1. The van der Waals surface area contributed by atoms with Gasteiger partial charge in [0.15, 0.2) is 12.5 Å². The summed E-state index contributed by atoms with van der Waals surface area (Å²) in [6, 6.07) is 0. The SMILES string of the molecule is CC(C)CCCCCCCCCCCC(=O)OC(C(C)O)C(O)CC(O)c1coc(Cc2cnco2)n1. The molecule has 0 saturated carbocycles. The molecule has 9 heteroatoms. The second-order valence-corrected chi connectivity index (χ2v) is 10.4. The Labute approximate surface area is 220 Å². The van der Waals surface area contributed by atoms with E-state index in [-0.39, 0.29) is 25.0 Å². The van der Waals surface area contributed by atoms with E-state index < -0.39 is 30.4 Å². The molecule has 2 aromatic rings. The first kappa shape index (κ1) is 31.0. The van der Waals surface area contributed by atoms with Gasteiger partial charge in [-0.25, -0.2) is 9.97 Å². The van der Waals surface area contributed by atoms with E-state index in [9.17, 15) is 20.1 Å². The molecule has 0 spiro atoms. The molecule has 0 fully saturated rings. The van der Waals surface area contributed by atoms with Gasteiger partial charge in [0.1, 0.15) is 23.8 Å². The van der Waals surface area contributed by atoms with Crippen molar-refractivity contribution in [3.05, 3.63) is 36.2 Å². The van der Waals surface area contributed by atoms with Crippen LogP contribution in [0.1, 0.15) is 121 Å². The second kappa shape index (κ2) is 17.3. The molecule has 0 aliphatic carbocycles. The predicted octanol–water partition coefficient (Wildman–Crippen LogP) is 5.28. The lowest BCUT2D eigenvalue weighted by Gasteiger charge is -2.26. The Morgan fingerprint density at radius 1 is 0.946 bits per heavy atom. The van der Waals surface area contributed by atoms with Gasteiger partial charge in [0.05, 0.1) is 24.8 Å². The van der Waals surface area contributed by atoms with Crippen molar-refractivity contribution in [1.29, 1.82) is 0 Å². The van der Waals surface area contributed by atoms with Crippen LogP contribution < -0.4 is 0 Å². The highest BCUT2D eigenvalue weighted by atomic mass is 16.6. The van der Waals surface area contributed by atoms with E-state index in [0.717, 1.165) is 18.8 Å². The first-order valence-corrected chi connectivity index (χ1v) is 13.8. The van der Waals surface area contributed by atoms with Gasteiger partial charge in [-0.1, -0.05) is 71.6 Å². The van der Waals surface area contributed by atoms with Gasteiger partial charge in [0.2, 0.25) is 5.89 Å². The fourth-order valence-corrected chi connectivity index (χ4v) is 4.29. The van der Waals surface area contributed by atoms with Gasteiger partial charge in [-0.3, -0.25) is 4.79 Å². The standard InChI is InChI=1S/C28H46N2O7/c1-20(2)13-11-9-7-5-4-6-8-10-12-14-27(34)37-28(21(3)31)25(33)16-24(32)23-18-35-26(30-23)15-22-17-29-19-36-22/h17-21,24-25,28,31-33H,4-16H2,1-3H3. The lowest BCUT2D eigenvalue weighted by molar-refractivity contribution is -0.165. The fourth-order valence-electron chi connectivity index (χ4n) is 4.29. The number of carbonyl (C=O) groups is 1. The van der Waals surface area contributed by atoms with Crippen molar-refractivity contribution in [2.45, 2.75) is 129 Å². The number of esters is 1. The lowest BCUT2D eigenvalue weighted by Crippen LogP contribution is -2.40. The van der Waals surface area contributed by atoms with Gasteiger partial charge < -0.3 is 28.9 Å². The van der Waals surface area contributed by atoms with Crippen LogP contribution >= 0.6 is 0 Å². The van der Waals surface area contributed by atoms with Gasteiger partial charge >= 0.3 is 5.97 Å². The third kappa shape index (κ3) is 12.7. The average Bonchev–Trinajstić information content (AvgIpc) is 3.53. The number of aliphatic hydroxyl groups is 3. The van der Waals surface area contributed by atoms with Crippen LogP contribution in [0.2, 0.25) is 0 Å². The minimum Gasteiger partial charge on any atom is -0.457 e. The topological polar surface area (TPSA) is 139 Å². The largest absolute Gasteiger partial charge is 0.457 e. The molecule has 9 nitrogen and oxygen atoms in total. The number of aromatic nitrogens is 2. The van der Waals surface area contributed by atoms with Crippen LogP contribution in [-0.2, 0) is 16.0 Å². The zero-order chi connectivity index (χ0) is 27.0. The summed E-state index contributed by atoms with van der Waals surface area (Å²) in [5.41, 5.74) is 0.236. The molecule has 0 aliphatic rings. The van der Waals surface area contributed by atoms with Crippen molar-refractivity contribution >= 4 is 5.97 Å². The number of unbranched alkanes of at least 4 members (excludes halogenated alkanes) is 8. The van der Waals surface area contributed by atoms with Crippen molar-refractivity contribution in [1.82, 2.24) is 9.97 Å². The van der Waals surface area contributed by atoms with Crippen LogP contribution in [-0.4, -0.2) is 49.6 Å². The third-order valence-corrected chi connectivity index (χ3v) is 6.47. The number of oxazole rings is 2. The quantitative estimate of drug-likeness (QED) is 0.157. The van der Waals surface area contributed by atoms with E-state index >= 15 is 0 Å². The average molecular weight is 523 g/mol. The zero-order valence-electron chi connectivity index (χ0n) is 22.7. The first-order chi connectivity index (χ1) is 17.8. The number of rotatable bonds is 20. The maximum absolute atomic E-state index is 12.3. The Morgan fingerprint density at radius 2 is 1.59 bits per heavy atom. The molecular formula is C28H46N2O7. The fraction of sp³-hybridized carbons (Fsp3) is 0.750. The van der Waals surface area contributed by atoms with Gasteiger partial charge in [-0.05, 0) is 19.3 Å². The monoisotopic (exact) mass is 522 g/mol. The van der Waals surface area contributed by atoms with E-state index in [1.807, 2.05) is 0 Å². The molecule has 4 unspecified atom stereocenters. The molecule has 0 radical (unpaired) electrons. The Balaban J connectivity index is 1.63. The van der Waals surface area contributed by atoms with Gasteiger partial charge in [-0.2, -0.15) is 0 Å². The first-order valence-electron chi connectivity index (χ1n) is 13.8. The molecule has 0 aromatic carbocycles. The Hall–Kier alpha value is -2.23. The van der Waals surface area contributed by atoms with Crippen molar-refractivity contribution in [3.63, 3.8) is 0 Å². The van der Waals surface area contributed by atoms with E-state index in [0.29, 0.717) is 18.1 Å². The minimum atomic E-state index is -1.27. The predicted molar refractivity (Wildman–Crippen MR) is 139 cm³/mol. The van der Waals surface area contributed by atoms with Gasteiger partial charge in [0.25, 0.3) is 0 Å². The molecule has 0 bridgehead atoms. The summed E-state index contributed by atoms with van der Waals surface area (Å²) in [6.07, 6.45) is 11.5. The van der Waals surface area contributed by atoms with E-state index in [1.165, 1.54) is 64.5 Å². The molecule has 210 valence electrons. The molecule has 2 heterocycles. The Morgan fingerprint density at radius 3 is 2.19 bits per heavy atom. The molecule has 4 atom stereocenters. The van der Waals surface area contributed by atoms with Crippen molar-refractivity contribution in [2.24, 2.45) is 5.92 Å². The molecule has 3 N–H and O–H groups in total. The van der Waals surface area contributed by atoms with Crippen molar-refractivity contribution in [2.75, 3.05) is 0 Å². The highest BCUT2D eigenvalue weighted by Gasteiger charge is 2.31. The highest BCUT2D eigenvalue weighted by Crippen LogP contribution is 2.23. The summed E-state index contributed by atoms with van der Waals surface area (Å²) in [5.74, 6) is 1.24. The summed E-state index contributed by atoms with van der Waals surface area (Å²) in [4.78, 5) is 20.3. The summed E-state index contributed by atoms with van der Waals surface area (Å²) in [5, 5.41) is 31.1. The van der Waals surface area contributed by atoms with Gasteiger partial charge in [-0.15, -0.1) is 0 Å². The molecule has 0 amide bonds. The second-order valence-electron chi connectivity index (χ2n) is 10.4. The van der Waals surface area contributed by atoms with E-state index in [1.54, 1.807) is 6.20 Å². The summed E-state index contributed by atoms with van der Waals surface area (Å²) in [7, 11) is 0. The summed E-state index contributed by atoms with van der Waals surface area (Å²) >= 11 is 0. The Bertz CT molecular complexity index is 851. The lowest BCUT2D eigenvalue weighted by atomic mass is 10.0. The minimum absolute atomic E-state index is 0.172. The number of hydrogen-bond acceptors (Lipinski definition) is 9. The zero-order valence-corrected chi connectivity index (χ0v) is 22.7. The Kier molecular flexibility index (Phi) is 14.5. The van der Waals surface area contributed by atoms with Gasteiger partial charge in [0, 0.05) is 12.8 Å². The third-order valence-electron chi connectivity index (χ3n) is 6.47. The number of carbonyl (C=O) groups excluding carboxylic acids is 1. The molecule has 37 heavy (non-hydrogen) atoms. The van der Waals surface area contributed by atoms with Crippen LogP contribution in [0.4, 0.5) is 0 Å². The summed E-state index contributed by atoms with van der Waals surface area (Å²) < 4.78 is 15.9. The summed E-state index contributed by atoms with van der Waals surface area (Å²) in [6.45, 7) is 5.99. The molecule has 0 saturated heterocycles. The molecular weight excluding hydrogens is 476 g/mol. The highest BCUT2D eigenvalue weighted by molar-refractivity contribution is 5.69. The van der Waals surface area contributed by atoms with Crippen LogP contribution in [0.25, 0.3) is 0 Å². The van der Waals surface area contributed by atoms with Crippen molar-refractivity contribution < 1.29 is 33.7 Å². The number of nitrogens with zero attached hydrogens (tertiary/aromatic N) is 2.